The molecule has 0 bridgehead atoms. The molecule has 1 aromatic carbocycles. The van der Waals surface area contributed by atoms with Gasteiger partial charge in [0.15, 0.2) is 5.96 Å². The van der Waals surface area contributed by atoms with Gasteiger partial charge in [0, 0.05) is 54.7 Å². The van der Waals surface area contributed by atoms with Crippen LogP contribution >= 0.6 is 0 Å². The number of aromatic nitrogens is 1. The van der Waals surface area contributed by atoms with Crippen molar-refractivity contribution in [3.05, 3.63) is 35.5 Å². The Morgan fingerprint density at radius 2 is 2.14 bits per heavy atom. The fraction of sp³-hybridized carbons (Fsp3) is 0.545. The number of H-pyrrole nitrogens is 1. The summed E-state index contributed by atoms with van der Waals surface area (Å²) in [6.07, 6.45) is 1.86. The van der Waals surface area contributed by atoms with Crippen LogP contribution in [-0.2, 0) is 11.2 Å². The highest BCUT2D eigenvalue weighted by Gasteiger charge is 2.27. The summed E-state index contributed by atoms with van der Waals surface area (Å²) in [4.78, 5) is 22.4. The molecule has 1 aromatic heterocycles. The van der Waals surface area contributed by atoms with Crippen LogP contribution in [0.15, 0.2) is 29.3 Å². The van der Waals surface area contributed by atoms with E-state index in [2.05, 4.69) is 53.7 Å². The number of carbonyl (C=O) groups is 1. The zero-order valence-corrected chi connectivity index (χ0v) is 17.5. The minimum absolute atomic E-state index is 0.0556. The first-order valence-corrected chi connectivity index (χ1v) is 10.4. The monoisotopic (exact) mass is 383 g/mol. The Bertz CT molecular complexity index is 839. The zero-order chi connectivity index (χ0) is 20.1. The second-order valence-corrected chi connectivity index (χ2v) is 7.85. The predicted molar refractivity (Wildman–Crippen MR) is 116 cm³/mol. The molecule has 152 valence electrons. The number of aryl methyl sites for hydroxylation is 1. The lowest BCUT2D eigenvalue weighted by Crippen LogP contribution is -2.45. The third-order valence-electron chi connectivity index (χ3n) is 5.34. The minimum atomic E-state index is 0.0556. The van der Waals surface area contributed by atoms with Gasteiger partial charge in [0.05, 0.1) is 0 Å². The molecule has 0 saturated carbocycles. The number of carbonyl (C=O) groups excluding carboxylic acids is 1. The molecular formula is C22H33N5O. The van der Waals surface area contributed by atoms with Crippen molar-refractivity contribution in [2.75, 3.05) is 26.2 Å². The van der Waals surface area contributed by atoms with Gasteiger partial charge in [0.2, 0.25) is 5.91 Å². The number of nitrogens with one attached hydrogen (secondary N) is 3. The average molecular weight is 384 g/mol. The van der Waals surface area contributed by atoms with Gasteiger partial charge in [-0.05, 0) is 38.3 Å². The number of para-hydroxylation sites is 1. The molecule has 3 N–H and O–H groups in total. The third kappa shape index (κ3) is 4.66. The molecule has 3 rings (SSSR count). The summed E-state index contributed by atoms with van der Waals surface area (Å²) in [5.74, 6) is 1.13. The second kappa shape index (κ2) is 9.13. The maximum Gasteiger partial charge on any atom is 0.225 e. The van der Waals surface area contributed by atoms with Crippen molar-refractivity contribution in [2.45, 2.75) is 46.6 Å². The van der Waals surface area contributed by atoms with Crippen molar-refractivity contribution < 1.29 is 4.79 Å². The number of rotatable bonds is 6. The van der Waals surface area contributed by atoms with Crippen LogP contribution in [-0.4, -0.2) is 54.0 Å². The van der Waals surface area contributed by atoms with Gasteiger partial charge < -0.3 is 20.5 Å². The molecule has 2 heterocycles. The lowest BCUT2D eigenvalue weighted by atomic mass is 10.1. The molecule has 28 heavy (non-hydrogen) atoms. The van der Waals surface area contributed by atoms with E-state index in [1.54, 1.807) is 0 Å². The molecule has 1 fully saturated rings. The van der Waals surface area contributed by atoms with Gasteiger partial charge in [0.25, 0.3) is 0 Å². The average Bonchev–Trinajstić information content (AvgIpc) is 3.25. The third-order valence-corrected chi connectivity index (χ3v) is 5.34. The molecule has 6 nitrogen and oxygen atoms in total. The molecule has 0 aliphatic carbocycles. The molecule has 2 aromatic rings. The predicted octanol–water partition coefficient (Wildman–Crippen LogP) is 2.83. The molecule has 6 heteroatoms. The van der Waals surface area contributed by atoms with E-state index in [1.165, 1.54) is 22.2 Å². The first-order chi connectivity index (χ1) is 13.5. The van der Waals surface area contributed by atoms with Gasteiger partial charge in [-0.2, -0.15) is 0 Å². The summed E-state index contributed by atoms with van der Waals surface area (Å²) in [6.45, 7) is 11.2. The van der Waals surface area contributed by atoms with Crippen LogP contribution in [0.3, 0.4) is 0 Å². The van der Waals surface area contributed by atoms with Gasteiger partial charge >= 0.3 is 0 Å². The van der Waals surface area contributed by atoms with Crippen molar-refractivity contribution in [1.29, 1.82) is 0 Å². The molecular weight excluding hydrogens is 350 g/mol. The topological polar surface area (TPSA) is 72.5 Å². The Kier molecular flexibility index (Phi) is 6.60. The Labute approximate surface area is 167 Å². The standard InChI is InChI=1S/C22H33N5O/c1-5-23-22(26-17-11-13-27(14-17)21(28)15(2)3)24-12-10-18-16(4)25-20-9-7-6-8-19(18)20/h6-9,15,17,25H,5,10-14H2,1-4H3,(H2,23,24,26). The van der Waals surface area contributed by atoms with Crippen molar-refractivity contribution in [3.63, 3.8) is 0 Å². The fourth-order valence-corrected chi connectivity index (χ4v) is 3.89. The maximum absolute atomic E-state index is 12.2. The molecule has 1 saturated heterocycles. The SMILES string of the molecule is CCNC(=NCCc1c(C)[nH]c2ccccc12)NC1CCN(C(=O)C(C)C)C1. The summed E-state index contributed by atoms with van der Waals surface area (Å²) in [6, 6.07) is 8.68. The van der Waals surface area contributed by atoms with E-state index in [0.29, 0.717) is 0 Å². The summed E-state index contributed by atoms with van der Waals surface area (Å²) < 4.78 is 0. The largest absolute Gasteiger partial charge is 0.358 e. The van der Waals surface area contributed by atoms with E-state index >= 15 is 0 Å². The fourth-order valence-electron chi connectivity index (χ4n) is 3.89. The number of guanidine groups is 1. The van der Waals surface area contributed by atoms with E-state index in [-0.39, 0.29) is 17.9 Å². The smallest absolute Gasteiger partial charge is 0.225 e. The van der Waals surface area contributed by atoms with Gasteiger partial charge in [-0.3, -0.25) is 9.79 Å². The van der Waals surface area contributed by atoms with Crippen LogP contribution in [0.25, 0.3) is 10.9 Å². The first-order valence-electron chi connectivity index (χ1n) is 10.4. The number of hydrogen-bond donors (Lipinski definition) is 3. The van der Waals surface area contributed by atoms with Crippen LogP contribution in [0.5, 0.6) is 0 Å². The Morgan fingerprint density at radius 1 is 1.36 bits per heavy atom. The lowest BCUT2D eigenvalue weighted by molar-refractivity contribution is -0.133. The molecule has 1 amide bonds. The van der Waals surface area contributed by atoms with Crippen molar-refractivity contribution >= 4 is 22.8 Å². The van der Waals surface area contributed by atoms with E-state index in [0.717, 1.165) is 45.0 Å². The van der Waals surface area contributed by atoms with Crippen LogP contribution in [0.1, 0.15) is 38.4 Å². The Balaban J connectivity index is 1.60. The van der Waals surface area contributed by atoms with E-state index in [9.17, 15) is 4.79 Å². The molecule has 0 spiro atoms. The zero-order valence-electron chi connectivity index (χ0n) is 17.5. The van der Waals surface area contributed by atoms with Gasteiger partial charge in [-0.15, -0.1) is 0 Å². The van der Waals surface area contributed by atoms with Crippen LogP contribution in [0.4, 0.5) is 0 Å². The number of benzene rings is 1. The summed E-state index contributed by atoms with van der Waals surface area (Å²) >= 11 is 0. The second-order valence-electron chi connectivity index (χ2n) is 7.85. The highest BCUT2D eigenvalue weighted by molar-refractivity contribution is 5.85. The van der Waals surface area contributed by atoms with E-state index in [4.69, 9.17) is 4.99 Å². The number of likely N-dealkylation sites (tertiary alicyclic amines) is 1. The molecule has 1 aliphatic heterocycles. The van der Waals surface area contributed by atoms with Crippen molar-refractivity contribution in [1.82, 2.24) is 20.5 Å². The summed E-state index contributed by atoms with van der Waals surface area (Å²) in [5, 5.41) is 8.13. The summed E-state index contributed by atoms with van der Waals surface area (Å²) in [7, 11) is 0. The van der Waals surface area contributed by atoms with Gasteiger partial charge in [-0.25, -0.2) is 0 Å². The summed E-state index contributed by atoms with van der Waals surface area (Å²) in [5.41, 5.74) is 3.74. The van der Waals surface area contributed by atoms with Gasteiger partial charge in [-0.1, -0.05) is 32.0 Å². The molecule has 0 radical (unpaired) electrons. The number of aromatic amines is 1. The number of amides is 1. The quantitative estimate of drug-likeness (QED) is 0.531. The van der Waals surface area contributed by atoms with Crippen LogP contribution < -0.4 is 10.6 Å². The molecule has 1 unspecified atom stereocenters. The first kappa shape index (κ1) is 20.2. The van der Waals surface area contributed by atoms with Crippen molar-refractivity contribution in [2.24, 2.45) is 10.9 Å². The minimum Gasteiger partial charge on any atom is -0.358 e. The normalized spacial score (nSPS) is 17.5. The highest BCUT2D eigenvalue weighted by Crippen LogP contribution is 2.22. The van der Waals surface area contributed by atoms with E-state index < -0.39 is 0 Å². The highest BCUT2D eigenvalue weighted by atomic mass is 16.2. The van der Waals surface area contributed by atoms with Crippen LogP contribution in [0.2, 0.25) is 0 Å². The Morgan fingerprint density at radius 3 is 2.89 bits per heavy atom. The van der Waals surface area contributed by atoms with Crippen LogP contribution in [0, 0.1) is 12.8 Å². The van der Waals surface area contributed by atoms with E-state index in [1.807, 2.05) is 18.7 Å². The van der Waals surface area contributed by atoms with Gasteiger partial charge in [0.1, 0.15) is 0 Å². The number of aliphatic imine (C=N–C) groups is 1. The number of fused-ring (bicyclic) bond motifs is 1. The Hall–Kier alpha value is -2.50. The lowest BCUT2D eigenvalue weighted by Gasteiger charge is -2.20. The maximum atomic E-state index is 12.2. The van der Waals surface area contributed by atoms with Crippen molar-refractivity contribution in [3.8, 4) is 0 Å². The molecule has 1 atom stereocenters. The number of nitrogens with zero attached hydrogens (tertiary/aromatic N) is 2. The molecule has 1 aliphatic rings. The number of hydrogen-bond acceptors (Lipinski definition) is 2.